The molecule has 2 aromatic rings. The summed E-state index contributed by atoms with van der Waals surface area (Å²) in [5.41, 5.74) is 0.592. The summed E-state index contributed by atoms with van der Waals surface area (Å²) in [7, 11) is -1.41. The topological polar surface area (TPSA) is 111 Å². The highest BCUT2D eigenvalue weighted by Crippen LogP contribution is 2.46. The average molecular weight is 442 g/mol. The third-order valence-corrected chi connectivity index (χ3v) is 7.63. The van der Waals surface area contributed by atoms with Gasteiger partial charge in [-0.25, -0.2) is 8.42 Å². The molecule has 0 saturated heterocycles. The Morgan fingerprint density at radius 2 is 1.71 bits per heavy atom. The molecule has 0 aromatic heterocycles. The fourth-order valence-corrected chi connectivity index (χ4v) is 5.80. The van der Waals surface area contributed by atoms with E-state index in [1.54, 1.807) is 30.3 Å². The van der Waals surface area contributed by atoms with Gasteiger partial charge >= 0.3 is 11.9 Å². The van der Waals surface area contributed by atoms with Crippen LogP contribution in [-0.2, 0) is 35.3 Å². The number of carbonyl (C=O) groups is 2. The fourth-order valence-electron chi connectivity index (χ4n) is 4.23. The van der Waals surface area contributed by atoms with Crippen LogP contribution in [0.3, 0.4) is 0 Å². The smallest absolute Gasteiger partial charge is 0.323 e. The molecule has 0 heterocycles. The van der Waals surface area contributed by atoms with Crippen molar-refractivity contribution in [1.82, 2.24) is 0 Å². The number of nitriles is 1. The second-order valence-electron chi connectivity index (χ2n) is 7.72. The second kappa shape index (κ2) is 8.52. The number of hydrogen-bond acceptors (Lipinski definition) is 7. The zero-order chi connectivity index (χ0) is 22.8. The minimum atomic E-state index is -3.74. The molecule has 0 N–H and O–H groups in total. The lowest BCUT2D eigenvalue weighted by molar-refractivity contribution is -0.170. The first-order valence-corrected chi connectivity index (χ1v) is 11.3. The van der Waals surface area contributed by atoms with Gasteiger partial charge in [-0.2, -0.15) is 5.26 Å². The Morgan fingerprint density at radius 1 is 1.10 bits per heavy atom. The van der Waals surface area contributed by atoms with Gasteiger partial charge in [-0.15, -0.1) is 0 Å². The van der Waals surface area contributed by atoms with E-state index in [4.69, 9.17) is 9.47 Å². The molecule has 0 saturated carbocycles. The van der Waals surface area contributed by atoms with Crippen molar-refractivity contribution in [3.8, 4) is 6.07 Å². The first-order valence-electron chi connectivity index (χ1n) is 9.66. The number of rotatable bonds is 5. The van der Waals surface area contributed by atoms with Gasteiger partial charge in [0.05, 0.1) is 36.5 Å². The first kappa shape index (κ1) is 22.5. The number of hydrogen-bond donors (Lipinski definition) is 0. The quantitative estimate of drug-likeness (QED) is 0.518. The molecule has 0 radical (unpaired) electrons. The van der Waals surface area contributed by atoms with Crippen molar-refractivity contribution in [2.45, 2.75) is 30.6 Å². The Labute approximate surface area is 181 Å². The van der Waals surface area contributed by atoms with Gasteiger partial charge in [-0.1, -0.05) is 29.8 Å². The molecule has 162 valence electrons. The largest absolute Gasteiger partial charge is 0.468 e. The zero-order valence-corrected chi connectivity index (χ0v) is 18.4. The van der Waals surface area contributed by atoms with Crippen molar-refractivity contribution in [3.05, 3.63) is 64.7 Å². The van der Waals surface area contributed by atoms with Crippen LogP contribution in [0.2, 0.25) is 0 Å². The number of carbonyl (C=O) groups excluding carboxylic acids is 2. The first-order chi connectivity index (χ1) is 14.7. The Bertz CT molecular complexity index is 1150. The van der Waals surface area contributed by atoms with Crippen LogP contribution in [0.1, 0.15) is 34.6 Å². The minimum absolute atomic E-state index is 0.0908. The molecule has 2 aromatic carbocycles. The second-order valence-corrected chi connectivity index (χ2v) is 9.76. The monoisotopic (exact) mass is 441 g/mol. The van der Waals surface area contributed by atoms with Crippen LogP contribution in [0.4, 0.5) is 0 Å². The molecule has 7 nitrogen and oxygen atoms in total. The summed E-state index contributed by atoms with van der Waals surface area (Å²) in [4.78, 5) is 25.7. The van der Waals surface area contributed by atoms with E-state index in [1.165, 1.54) is 12.1 Å². The average Bonchev–Trinajstić information content (AvgIpc) is 2.77. The normalized spacial score (nSPS) is 17.2. The molecule has 1 atom stereocenters. The van der Waals surface area contributed by atoms with Gasteiger partial charge in [0.2, 0.25) is 0 Å². The summed E-state index contributed by atoms with van der Waals surface area (Å²) in [5, 5.41) is 9.58. The molecule has 0 spiro atoms. The number of methoxy groups -OCH3 is 2. The van der Waals surface area contributed by atoms with Gasteiger partial charge in [0.25, 0.3) is 0 Å². The van der Waals surface area contributed by atoms with Crippen LogP contribution in [0, 0.1) is 23.7 Å². The maximum absolute atomic E-state index is 13.2. The van der Waals surface area contributed by atoms with E-state index >= 15 is 0 Å². The number of fused-ring (bicyclic) bond motifs is 1. The SMILES string of the molecule is COC(=O)C1(C(=O)OC)Cc2c(C#N)cccc2C(CS(=O)(=O)c2ccc(C)cc2)C1. The molecule has 0 amide bonds. The molecule has 1 aliphatic carbocycles. The molecule has 0 bridgehead atoms. The zero-order valence-electron chi connectivity index (χ0n) is 17.5. The van der Waals surface area contributed by atoms with Crippen molar-refractivity contribution in [1.29, 1.82) is 5.26 Å². The molecule has 8 heteroatoms. The number of aryl methyl sites for hydroxylation is 1. The fraction of sp³-hybridized carbons (Fsp3) is 0.348. The summed E-state index contributed by atoms with van der Waals surface area (Å²) in [6, 6.07) is 13.6. The molecule has 31 heavy (non-hydrogen) atoms. The van der Waals surface area contributed by atoms with E-state index in [9.17, 15) is 23.3 Å². The van der Waals surface area contributed by atoms with Crippen molar-refractivity contribution < 1.29 is 27.5 Å². The highest BCUT2D eigenvalue weighted by Gasteiger charge is 2.54. The van der Waals surface area contributed by atoms with E-state index in [0.29, 0.717) is 11.1 Å². The van der Waals surface area contributed by atoms with Gasteiger partial charge in [-0.05, 0) is 42.7 Å². The summed E-state index contributed by atoms with van der Waals surface area (Å²) in [6.07, 6.45) is -0.189. The molecular formula is C23H23NO6S. The van der Waals surface area contributed by atoms with Crippen molar-refractivity contribution in [3.63, 3.8) is 0 Å². The number of sulfone groups is 1. The van der Waals surface area contributed by atoms with Crippen LogP contribution >= 0.6 is 0 Å². The minimum Gasteiger partial charge on any atom is -0.468 e. The Balaban J connectivity index is 2.15. The predicted molar refractivity (Wildman–Crippen MR) is 112 cm³/mol. The van der Waals surface area contributed by atoms with Crippen LogP contribution < -0.4 is 0 Å². The van der Waals surface area contributed by atoms with Gasteiger partial charge in [0.1, 0.15) is 0 Å². The van der Waals surface area contributed by atoms with Gasteiger partial charge in [0.15, 0.2) is 15.3 Å². The lowest BCUT2D eigenvalue weighted by atomic mass is 9.66. The van der Waals surface area contributed by atoms with Crippen molar-refractivity contribution in [2.75, 3.05) is 20.0 Å². The van der Waals surface area contributed by atoms with Gasteiger partial charge < -0.3 is 9.47 Å². The van der Waals surface area contributed by atoms with E-state index in [0.717, 1.165) is 19.8 Å². The number of nitrogens with zero attached hydrogens (tertiary/aromatic N) is 1. The molecule has 1 aliphatic rings. The van der Waals surface area contributed by atoms with E-state index < -0.39 is 33.1 Å². The van der Waals surface area contributed by atoms with Gasteiger partial charge in [-0.3, -0.25) is 9.59 Å². The van der Waals surface area contributed by atoms with E-state index in [1.807, 2.05) is 6.92 Å². The Kier molecular flexibility index (Phi) is 6.18. The molecule has 0 fully saturated rings. The third-order valence-electron chi connectivity index (χ3n) is 5.80. The number of benzene rings is 2. The summed E-state index contributed by atoms with van der Waals surface area (Å²) >= 11 is 0. The highest BCUT2D eigenvalue weighted by atomic mass is 32.2. The summed E-state index contributed by atoms with van der Waals surface area (Å²) < 4.78 is 36.2. The third kappa shape index (κ3) is 4.06. The Hall–Kier alpha value is -3.18. The standard InChI is InChI=1S/C23H23NO6S/c1-15-7-9-18(10-8-15)31(27,28)14-17-11-23(21(25)29-2,22(26)30-3)12-20-16(13-24)5-4-6-19(17)20/h4-10,17H,11-12,14H2,1-3H3. The van der Waals surface area contributed by atoms with E-state index in [-0.39, 0.29) is 29.1 Å². The molecule has 0 aliphatic heterocycles. The van der Waals surface area contributed by atoms with Crippen LogP contribution in [0.5, 0.6) is 0 Å². The van der Waals surface area contributed by atoms with Crippen LogP contribution in [0.25, 0.3) is 0 Å². The molecule has 1 unspecified atom stereocenters. The van der Waals surface area contributed by atoms with Crippen LogP contribution in [0.15, 0.2) is 47.4 Å². The van der Waals surface area contributed by atoms with Crippen molar-refractivity contribution >= 4 is 21.8 Å². The number of ether oxygens (including phenoxy) is 2. The van der Waals surface area contributed by atoms with Crippen molar-refractivity contribution in [2.24, 2.45) is 5.41 Å². The molecule has 3 rings (SSSR count). The van der Waals surface area contributed by atoms with E-state index in [2.05, 4.69) is 6.07 Å². The lowest BCUT2D eigenvalue weighted by Gasteiger charge is -2.38. The van der Waals surface area contributed by atoms with Gasteiger partial charge in [0, 0.05) is 12.3 Å². The summed E-state index contributed by atoms with van der Waals surface area (Å²) in [5.74, 6) is -2.65. The number of esters is 2. The Morgan fingerprint density at radius 3 is 2.26 bits per heavy atom. The lowest BCUT2D eigenvalue weighted by Crippen LogP contribution is -2.47. The maximum atomic E-state index is 13.2. The highest BCUT2D eigenvalue weighted by molar-refractivity contribution is 7.91. The summed E-state index contributed by atoms with van der Waals surface area (Å²) in [6.45, 7) is 1.86. The van der Waals surface area contributed by atoms with Crippen LogP contribution in [-0.4, -0.2) is 40.3 Å². The predicted octanol–water partition coefficient (Wildman–Crippen LogP) is 2.70. The maximum Gasteiger partial charge on any atom is 0.323 e. The molecular weight excluding hydrogens is 418 g/mol.